The van der Waals surface area contributed by atoms with E-state index in [0.717, 1.165) is 16.9 Å². The number of alkyl halides is 1. The summed E-state index contributed by atoms with van der Waals surface area (Å²) < 4.78 is 13.2. The average Bonchev–Trinajstić information content (AvgIpc) is 3.09. The zero-order chi connectivity index (χ0) is 18.4. The summed E-state index contributed by atoms with van der Waals surface area (Å²) in [4.78, 5) is 16.2. The third-order valence-electron chi connectivity index (χ3n) is 3.58. The third-order valence-corrected chi connectivity index (χ3v) is 4.61. The summed E-state index contributed by atoms with van der Waals surface area (Å²) in [5.74, 6) is 0.131. The lowest BCUT2D eigenvalue weighted by molar-refractivity contribution is -0.116. The van der Waals surface area contributed by atoms with Gasteiger partial charge in [0.15, 0.2) is 5.13 Å². The Morgan fingerprint density at radius 3 is 2.69 bits per heavy atom. The van der Waals surface area contributed by atoms with E-state index in [-0.39, 0.29) is 11.7 Å². The molecule has 0 bridgehead atoms. The molecule has 2 N–H and O–H groups in total. The lowest BCUT2D eigenvalue weighted by Crippen LogP contribution is -2.11. The first-order chi connectivity index (χ1) is 12.6. The van der Waals surface area contributed by atoms with E-state index in [1.54, 1.807) is 12.1 Å². The van der Waals surface area contributed by atoms with Crippen LogP contribution in [0.4, 0.5) is 20.9 Å². The highest BCUT2D eigenvalue weighted by atomic mass is 35.5. The monoisotopic (exact) mass is 389 g/mol. The highest BCUT2D eigenvalue weighted by Gasteiger charge is 2.07. The molecule has 0 aliphatic heterocycles. The summed E-state index contributed by atoms with van der Waals surface area (Å²) in [5, 5.41) is 8.54. The highest BCUT2D eigenvalue weighted by Crippen LogP contribution is 2.28. The largest absolute Gasteiger partial charge is 0.331 e. The molecule has 0 fully saturated rings. The van der Waals surface area contributed by atoms with Gasteiger partial charge in [-0.1, -0.05) is 18.2 Å². The molecule has 1 heterocycles. The lowest BCUT2D eigenvalue weighted by Gasteiger charge is -2.05. The fourth-order valence-electron chi connectivity index (χ4n) is 2.33. The van der Waals surface area contributed by atoms with Gasteiger partial charge >= 0.3 is 0 Å². The molecule has 0 spiro atoms. The van der Waals surface area contributed by atoms with Gasteiger partial charge in [0.1, 0.15) is 5.82 Å². The Bertz CT molecular complexity index is 883. The molecule has 2 aromatic carbocycles. The molecule has 0 saturated carbocycles. The van der Waals surface area contributed by atoms with Gasteiger partial charge in [-0.15, -0.1) is 22.9 Å². The normalized spacial score (nSPS) is 10.5. The van der Waals surface area contributed by atoms with Crippen LogP contribution in [-0.4, -0.2) is 16.8 Å². The van der Waals surface area contributed by atoms with Gasteiger partial charge in [0, 0.05) is 34.6 Å². The Labute approximate surface area is 160 Å². The molecule has 0 aliphatic rings. The molecule has 3 aromatic rings. The van der Waals surface area contributed by atoms with Crippen molar-refractivity contribution in [1.29, 1.82) is 0 Å². The number of rotatable bonds is 7. The van der Waals surface area contributed by atoms with Crippen LogP contribution in [0.25, 0.3) is 11.3 Å². The van der Waals surface area contributed by atoms with E-state index in [1.807, 2.05) is 29.6 Å². The van der Waals surface area contributed by atoms with Crippen molar-refractivity contribution in [2.75, 3.05) is 16.5 Å². The fourth-order valence-corrected chi connectivity index (χ4v) is 3.20. The van der Waals surface area contributed by atoms with E-state index < -0.39 is 0 Å². The van der Waals surface area contributed by atoms with Gasteiger partial charge in [0.05, 0.1) is 5.69 Å². The van der Waals surface area contributed by atoms with E-state index in [4.69, 9.17) is 11.6 Å². The summed E-state index contributed by atoms with van der Waals surface area (Å²) in [6, 6.07) is 13.7. The lowest BCUT2D eigenvalue weighted by atomic mass is 10.1. The van der Waals surface area contributed by atoms with Gasteiger partial charge in [0.2, 0.25) is 5.91 Å². The minimum absolute atomic E-state index is 0.0476. The quantitative estimate of drug-likeness (QED) is 0.513. The molecular weight excluding hydrogens is 373 g/mol. The number of hydrogen-bond donors (Lipinski definition) is 2. The van der Waals surface area contributed by atoms with Gasteiger partial charge in [-0.2, -0.15) is 0 Å². The summed E-state index contributed by atoms with van der Waals surface area (Å²) in [6.45, 7) is 0. The van der Waals surface area contributed by atoms with Crippen molar-refractivity contribution in [3.8, 4) is 11.3 Å². The van der Waals surface area contributed by atoms with Gasteiger partial charge in [-0.3, -0.25) is 4.79 Å². The molecule has 0 atom stereocenters. The number of thiazole rings is 1. The first-order valence-corrected chi connectivity index (χ1v) is 9.50. The smallest absolute Gasteiger partial charge is 0.224 e. The fraction of sp³-hybridized carbons (Fsp3) is 0.158. The maximum Gasteiger partial charge on any atom is 0.224 e. The SMILES string of the molecule is O=C(CCCCl)Nc1ccc(-c2csc(Nc3cccc(F)c3)n2)cc1. The van der Waals surface area contributed by atoms with Crippen molar-refractivity contribution >= 4 is 45.4 Å². The van der Waals surface area contributed by atoms with E-state index in [2.05, 4.69) is 15.6 Å². The van der Waals surface area contributed by atoms with Crippen LogP contribution < -0.4 is 10.6 Å². The molecule has 4 nitrogen and oxygen atoms in total. The zero-order valence-corrected chi connectivity index (χ0v) is 15.4. The summed E-state index contributed by atoms with van der Waals surface area (Å²) >= 11 is 7.03. The number of anilines is 3. The molecule has 134 valence electrons. The zero-order valence-electron chi connectivity index (χ0n) is 13.8. The van der Waals surface area contributed by atoms with E-state index in [0.29, 0.717) is 29.5 Å². The number of aromatic nitrogens is 1. The van der Waals surface area contributed by atoms with Crippen molar-refractivity contribution in [2.24, 2.45) is 0 Å². The summed E-state index contributed by atoms with van der Waals surface area (Å²) in [5.41, 5.74) is 3.14. The minimum Gasteiger partial charge on any atom is -0.331 e. The highest BCUT2D eigenvalue weighted by molar-refractivity contribution is 7.14. The van der Waals surface area contributed by atoms with Crippen LogP contribution in [0, 0.1) is 5.82 Å². The molecule has 0 saturated heterocycles. The molecule has 0 aliphatic carbocycles. The predicted octanol–water partition coefficient (Wildman–Crippen LogP) is 5.65. The standard InChI is InChI=1S/C19H17ClFN3OS/c20-10-2-5-18(25)22-15-8-6-13(7-9-15)17-12-26-19(24-17)23-16-4-1-3-14(21)11-16/h1,3-4,6-9,11-12H,2,5,10H2,(H,22,25)(H,23,24). The Balaban J connectivity index is 1.64. The molecule has 26 heavy (non-hydrogen) atoms. The summed E-state index contributed by atoms with van der Waals surface area (Å²) in [6.07, 6.45) is 1.07. The molecule has 1 amide bonds. The van der Waals surface area contributed by atoms with E-state index in [1.165, 1.54) is 23.5 Å². The van der Waals surface area contributed by atoms with Crippen LogP contribution in [0.15, 0.2) is 53.9 Å². The predicted molar refractivity (Wildman–Crippen MR) is 106 cm³/mol. The second-order valence-electron chi connectivity index (χ2n) is 5.59. The van der Waals surface area contributed by atoms with Gasteiger partial charge < -0.3 is 10.6 Å². The number of carbonyl (C=O) groups excluding carboxylic acids is 1. The molecule has 0 radical (unpaired) electrons. The van der Waals surface area contributed by atoms with Gasteiger partial charge in [-0.25, -0.2) is 9.37 Å². The van der Waals surface area contributed by atoms with Gasteiger partial charge in [-0.05, 0) is 36.8 Å². The second kappa shape index (κ2) is 8.78. The Hall–Kier alpha value is -2.44. The van der Waals surface area contributed by atoms with Gasteiger partial charge in [0.25, 0.3) is 0 Å². The van der Waals surface area contributed by atoms with Crippen molar-refractivity contribution < 1.29 is 9.18 Å². The van der Waals surface area contributed by atoms with Crippen LogP contribution in [-0.2, 0) is 4.79 Å². The second-order valence-corrected chi connectivity index (χ2v) is 6.83. The van der Waals surface area contributed by atoms with E-state index >= 15 is 0 Å². The number of nitrogens with one attached hydrogen (secondary N) is 2. The van der Waals surface area contributed by atoms with Crippen LogP contribution in [0.3, 0.4) is 0 Å². The van der Waals surface area contributed by atoms with Crippen molar-refractivity contribution in [1.82, 2.24) is 4.98 Å². The van der Waals surface area contributed by atoms with Crippen LogP contribution in [0.1, 0.15) is 12.8 Å². The number of benzene rings is 2. The molecule has 3 rings (SSSR count). The number of halogens is 2. The molecular formula is C19H17ClFN3OS. The number of carbonyl (C=O) groups is 1. The van der Waals surface area contributed by atoms with Crippen LogP contribution in [0.2, 0.25) is 0 Å². The summed E-state index contributed by atoms with van der Waals surface area (Å²) in [7, 11) is 0. The topological polar surface area (TPSA) is 54.0 Å². The third kappa shape index (κ3) is 5.03. The maximum absolute atomic E-state index is 13.2. The number of nitrogens with zero attached hydrogens (tertiary/aromatic N) is 1. The number of hydrogen-bond acceptors (Lipinski definition) is 4. The van der Waals surface area contributed by atoms with Crippen molar-refractivity contribution in [2.45, 2.75) is 12.8 Å². The maximum atomic E-state index is 13.2. The van der Waals surface area contributed by atoms with Crippen molar-refractivity contribution in [3.63, 3.8) is 0 Å². The number of amides is 1. The Kier molecular flexibility index (Phi) is 6.20. The Morgan fingerprint density at radius 2 is 1.96 bits per heavy atom. The van der Waals surface area contributed by atoms with Crippen molar-refractivity contribution in [3.05, 3.63) is 59.7 Å². The molecule has 1 aromatic heterocycles. The average molecular weight is 390 g/mol. The van der Waals surface area contributed by atoms with E-state index in [9.17, 15) is 9.18 Å². The minimum atomic E-state index is -0.296. The van der Waals surface area contributed by atoms with Crippen LogP contribution in [0.5, 0.6) is 0 Å². The first kappa shape index (κ1) is 18.4. The molecule has 7 heteroatoms. The van der Waals surface area contributed by atoms with Crippen LogP contribution >= 0.6 is 22.9 Å². The molecule has 0 unspecified atom stereocenters. The first-order valence-electron chi connectivity index (χ1n) is 8.08. The Morgan fingerprint density at radius 1 is 1.15 bits per heavy atom.